The molecular formula is C19H19N. The zero-order chi connectivity index (χ0) is 12.9. The van der Waals surface area contributed by atoms with E-state index in [2.05, 4.69) is 91.0 Å². The van der Waals surface area contributed by atoms with Gasteiger partial charge in [-0.25, -0.2) is 0 Å². The fourth-order valence-electron chi connectivity index (χ4n) is 2.51. The van der Waals surface area contributed by atoms with Crippen LogP contribution < -0.4 is 6.15 Å². The van der Waals surface area contributed by atoms with Crippen LogP contribution in [0.1, 0.15) is 22.6 Å². The van der Waals surface area contributed by atoms with E-state index in [4.69, 9.17) is 0 Å². The molecule has 100 valence electrons. The van der Waals surface area contributed by atoms with Crippen LogP contribution in [0.25, 0.3) is 0 Å². The molecule has 0 aliphatic rings. The molecule has 0 atom stereocenters. The summed E-state index contributed by atoms with van der Waals surface area (Å²) >= 11 is 0. The molecule has 0 aromatic heterocycles. The predicted molar refractivity (Wildman–Crippen MR) is 85.3 cm³/mol. The minimum atomic E-state index is 0. The maximum atomic E-state index is 2.20. The number of hydrogen-bond donors (Lipinski definition) is 1. The van der Waals surface area contributed by atoms with Crippen LogP contribution in [-0.4, -0.2) is 0 Å². The Bertz CT molecular complexity index is 524. The monoisotopic (exact) mass is 261 g/mol. The average Bonchev–Trinajstić information content (AvgIpc) is 2.51. The molecule has 0 spiro atoms. The lowest BCUT2D eigenvalue weighted by atomic mass is 9.85. The van der Waals surface area contributed by atoms with Crippen molar-refractivity contribution in [3.8, 4) is 0 Å². The standard InChI is InChI=1S/C19H16.H3N/c1-4-10-16(11-5-1)19(17-12-6-2-7-13-17)18-14-8-3-9-15-18;/h1-15,19H;1H3. The third-order valence-corrected chi connectivity index (χ3v) is 3.40. The van der Waals surface area contributed by atoms with Crippen molar-refractivity contribution in [2.45, 2.75) is 5.92 Å². The van der Waals surface area contributed by atoms with E-state index in [9.17, 15) is 0 Å². The van der Waals surface area contributed by atoms with Gasteiger partial charge >= 0.3 is 0 Å². The SMILES string of the molecule is N.c1ccc(C(c2ccccc2)c2ccccc2)cc1. The number of benzene rings is 3. The van der Waals surface area contributed by atoms with E-state index in [-0.39, 0.29) is 6.15 Å². The summed E-state index contributed by atoms with van der Waals surface area (Å²) in [6.45, 7) is 0. The van der Waals surface area contributed by atoms with E-state index in [0.29, 0.717) is 5.92 Å². The maximum absolute atomic E-state index is 2.20. The Balaban J connectivity index is 0.00000147. The fraction of sp³-hybridized carbons (Fsp3) is 0.0526. The van der Waals surface area contributed by atoms with E-state index >= 15 is 0 Å². The summed E-state index contributed by atoms with van der Waals surface area (Å²) < 4.78 is 0. The highest BCUT2D eigenvalue weighted by molar-refractivity contribution is 5.42. The summed E-state index contributed by atoms with van der Waals surface area (Å²) in [6, 6.07) is 32.0. The van der Waals surface area contributed by atoms with Crippen LogP contribution in [0.5, 0.6) is 0 Å². The van der Waals surface area contributed by atoms with E-state index in [1.54, 1.807) is 0 Å². The van der Waals surface area contributed by atoms with Gasteiger partial charge in [0, 0.05) is 5.92 Å². The number of rotatable bonds is 3. The van der Waals surface area contributed by atoms with Gasteiger partial charge in [-0.3, -0.25) is 0 Å². The maximum Gasteiger partial charge on any atom is 0.0339 e. The van der Waals surface area contributed by atoms with Gasteiger partial charge in [-0.15, -0.1) is 0 Å². The molecule has 3 aromatic carbocycles. The van der Waals surface area contributed by atoms with Gasteiger partial charge in [0.1, 0.15) is 0 Å². The van der Waals surface area contributed by atoms with Crippen LogP contribution in [-0.2, 0) is 0 Å². The van der Waals surface area contributed by atoms with Crippen molar-refractivity contribution in [2.75, 3.05) is 0 Å². The fourth-order valence-corrected chi connectivity index (χ4v) is 2.51. The third-order valence-electron chi connectivity index (χ3n) is 3.40. The Hall–Kier alpha value is -2.38. The van der Waals surface area contributed by atoms with Crippen LogP contribution in [0.15, 0.2) is 91.0 Å². The van der Waals surface area contributed by atoms with Gasteiger partial charge < -0.3 is 6.15 Å². The molecule has 0 saturated carbocycles. The molecule has 0 radical (unpaired) electrons. The van der Waals surface area contributed by atoms with Gasteiger partial charge in [0.05, 0.1) is 0 Å². The highest BCUT2D eigenvalue weighted by Crippen LogP contribution is 2.31. The Kier molecular flexibility index (Phi) is 4.70. The molecule has 3 rings (SSSR count). The first-order valence-electron chi connectivity index (χ1n) is 6.60. The summed E-state index contributed by atoms with van der Waals surface area (Å²) in [4.78, 5) is 0. The summed E-state index contributed by atoms with van der Waals surface area (Å²) in [5.41, 5.74) is 4.00. The van der Waals surface area contributed by atoms with Crippen molar-refractivity contribution in [3.63, 3.8) is 0 Å². The van der Waals surface area contributed by atoms with Crippen molar-refractivity contribution in [1.29, 1.82) is 0 Å². The normalized spacial score (nSPS) is 10.1. The number of hydrogen-bond acceptors (Lipinski definition) is 1. The lowest BCUT2D eigenvalue weighted by Gasteiger charge is -2.18. The Morgan fingerprint density at radius 1 is 0.400 bits per heavy atom. The third kappa shape index (κ3) is 2.95. The minimum Gasteiger partial charge on any atom is -0.344 e. The van der Waals surface area contributed by atoms with Crippen LogP contribution in [0.2, 0.25) is 0 Å². The molecule has 0 aliphatic heterocycles. The molecule has 20 heavy (non-hydrogen) atoms. The molecule has 0 heterocycles. The van der Waals surface area contributed by atoms with Crippen molar-refractivity contribution in [1.82, 2.24) is 6.15 Å². The molecule has 0 saturated heterocycles. The first kappa shape index (κ1) is 14.0. The molecule has 3 N–H and O–H groups in total. The van der Waals surface area contributed by atoms with Gasteiger partial charge in [-0.2, -0.15) is 0 Å². The van der Waals surface area contributed by atoms with Gasteiger partial charge in [0.25, 0.3) is 0 Å². The molecule has 1 nitrogen and oxygen atoms in total. The van der Waals surface area contributed by atoms with Crippen LogP contribution in [0, 0.1) is 0 Å². The van der Waals surface area contributed by atoms with E-state index in [1.807, 2.05) is 0 Å². The Morgan fingerprint density at radius 3 is 0.900 bits per heavy atom. The molecular weight excluding hydrogens is 242 g/mol. The molecule has 0 unspecified atom stereocenters. The Morgan fingerprint density at radius 2 is 0.650 bits per heavy atom. The second-order valence-corrected chi connectivity index (χ2v) is 4.67. The largest absolute Gasteiger partial charge is 0.344 e. The molecule has 0 amide bonds. The van der Waals surface area contributed by atoms with E-state index in [1.165, 1.54) is 16.7 Å². The minimum absolute atomic E-state index is 0. The van der Waals surface area contributed by atoms with Gasteiger partial charge in [-0.05, 0) is 16.7 Å². The van der Waals surface area contributed by atoms with Crippen molar-refractivity contribution < 1.29 is 0 Å². The lowest BCUT2D eigenvalue weighted by Crippen LogP contribution is -2.02. The quantitative estimate of drug-likeness (QED) is 0.659. The zero-order valence-corrected chi connectivity index (χ0v) is 11.4. The van der Waals surface area contributed by atoms with Crippen LogP contribution in [0.3, 0.4) is 0 Å². The van der Waals surface area contributed by atoms with Crippen molar-refractivity contribution in [3.05, 3.63) is 108 Å². The van der Waals surface area contributed by atoms with Gasteiger partial charge in [0.15, 0.2) is 0 Å². The van der Waals surface area contributed by atoms with Crippen molar-refractivity contribution >= 4 is 0 Å². The summed E-state index contributed by atoms with van der Waals surface area (Å²) in [6.07, 6.45) is 0. The average molecular weight is 261 g/mol. The highest BCUT2D eigenvalue weighted by Gasteiger charge is 2.15. The second kappa shape index (κ2) is 6.69. The summed E-state index contributed by atoms with van der Waals surface area (Å²) in [5.74, 6) is 0.309. The molecule has 0 bridgehead atoms. The van der Waals surface area contributed by atoms with Gasteiger partial charge in [0.2, 0.25) is 0 Å². The van der Waals surface area contributed by atoms with Gasteiger partial charge in [-0.1, -0.05) is 91.0 Å². The molecule has 1 heteroatoms. The first-order chi connectivity index (χ1) is 9.45. The second-order valence-electron chi connectivity index (χ2n) is 4.67. The smallest absolute Gasteiger partial charge is 0.0339 e. The molecule has 3 aromatic rings. The lowest BCUT2D eigenvalue weighted by molar-refractivity contribution is 0.977. The van der Waals surface area contributed by atoms with Crippen molar-refractivity contribution in [2.24, 2.45) is 0 Å². The summed E-state index contributed by atoms with van der Waals surface area (Å²) in [7, 11) is 0. The first-order valence-corrected chi connectivity index (χ1v) is 6.60. The van der Waals surface area contributed by atoms with E-state index < -0.39 is 0 Å². The zero-order valence-electron chi connectivity index (χ0n) is 11.4. The predicted octanol–water partition coefficient (Wildman–Crippen LogP) is 5.03. The van der Waals surface area contributed by atoms with Crippen LogP contribution >= 0.6 is 0 Å². The van der Waals surface area contributed by atoms with E-state index in [0.717, 1.165) is 0 Å². The molecule has 0 aliphatic carbocycles. The Labute approximate surface area is 120 Å². The highest BCUT2D eigenvalue weighted by atomic mass is 14.2. The summed E-state index contributed by atoms with van der Waals surface area (Å²) in [5, 5.41) is 0. The van der Waals surface area contributed by atoms with Crippen LogP contribution in [0.4, 0.5) is 0 Å². The molecule has 0 fully saturated rings. The topological polar surface area (TPSA) is 35.0 Å².